The van der Waals surface area contributed by atoms with Crippen molar-refractivity contribution in [3.63, 3.8) is 0 Å². The molecule has 7 nitrogen and oxygen atoms in total. The number of benzene rings is 1. The quantitative estimate of drug-likeness (QED) is 0.538. The Morgan fingerprint density at radius 2 is 2.00 bits per heavy atom. The average molecular weight is 441 g/mol. The second kappa shape index (κ2) is 9.65. The number of carbonyl (C=O) groups excluding carboxylic acids is 1. The van der Waals surface area contributed by atoms with Gasteiger partial charge in [-0.3, -0.25) is 9.48 Å². The second-order valence-electron chi connectivity index (χ2n) is 8.49. The Balaban J connectivity index is 1.40. The van der Waals surface area contributed by atoms with Crippen LogP contribution >= 0.6 is 0 Å². The molecular weight excluding hydrogens is 411 g/mol. The van der Waals surface area contributed by atoms with Crippen LogP contribution in [0.15, 0.2) is 40.9 Å². The smallest absolute Gasteiger partial charge is 0.226 e. The second-order valence-corrected chi connectivity index (χ2v) is 8.49. The fraction of sp³-hybridized carbons (Fsp3) is 0.458. The summed E-state index contributed by atoms with van der Waals surface area (Å²) in [5, 5.41) is 11.6. The molecule has 8 heteroatoms. The lowest BCUT2D eigenvalue weighted by Gasteiger charge is -2.35. The minimum Gasteiger partial charge on any atom is -0.381 e. The van der Waals surface area contributed by atoms with Crippen molar-refractivity contribution in [3.8, 4) is 11.3 Å². The van der Waals surface area contributed by atoms with Gasteiger partial charge < -0.3 is 14.6 Å². The van der Waals surface area contributed by atoms with Gasteiger partial charge >= 0.3 is 0 Å². The SMILES string of the molecule is Cc1cc(C)n(CCCNC(=O)C2(Cc3cc(-c4ccccc4F)no3)CCOCC2)n1. The maximum Gasteiger partial charge on any atom is 0.226 e. The molecule has 3 heterocycles. The summed E-state index contributed by atoms with van der Waals surface area (Å²) in [4.78, 5) is 13.2. The zero-order valence-electron chi connectivity index (χ0n) is 18.6. The molecule has 3 aromatic rings. The Labute approximate surface area is 186 Å². The van der Waals surface area contributed by atoms with Crippen LogP contribution in [0.4, 0.5) is 4.39 Å². The highest BCUT2D eigenvalue weighted by Crippen LogP contribution is 2.36. The normalized spacial score (nSPS) is 15.6. The zero-order chi connectivity index (χ0) is 22.6. The molecule has 0 atom stereocenters. The number of ether oxygens (including phenoxy) is 1. The van der Waals surface area contributed by atoms with Crippen molar-refractivity contribution in [2.24, 2.45) is 5.41 Å². The topological polar surface area (TPSA) is 82.2 Å². The molecule has 2 aromatic heterocycles. The molecule has 0 unspecified atom stereocenters. The number of nitrogens with zero attached hydrogens (tertiary/aromatic N) is 3. The van der Waals surface area contributed by atoms with Crippen LogP contribution in [-0.2, 0) is 22.5 Å². The monoisotopic (exact) mass is 440 g/mol. The number of hydrogen-bond acceptors (Lipinski definition) is 5. The Hall–Kier alpha value is -3.00. The predicted molar refractivity (Wildman–Crippen MR) is 117 cm³/mol. The summed E-state index contributed by atoms with van der Waals surface area (Å²) in [7, 11) is 0. The molecule has 1 aromatic carbocycles. The summed E-state index contributed by atoms with van der Waals surface area (Å²) in [5.41, 5.74) is 2.31. The first-order valence-electron chi connectivity index (χ1n) is 11.0. The number of nitrogens with one attached hydrogen (secondary N) is 1. The van der Waals surface area contributed by atoms with E-state index in [4.69, 9.17) is 9.26 Å². The Bertz CT molecular complexity index is 1070. The van der Waals surface area contributed by atoms with E-state index in [2.05, 4.69) is 15.6 Å². The molecule has 0 bridgehead atoms. The summed E-state index contributed by atoms with van der Waals surface area (Å²) in [6.45, 7) is 6.37. The van der Waals surface area contributed by atoms with Gasteiger partial charge in [0, 0.05) is 50.0 Å². The van der Waals surface area contributed by atoms with Crippen LogP contribution in [0.3, 0.4) is 0 Å². The molecule has 1 N–H and O–H groups in total. The van der Waals surface area contributed by atoms with Crippen molar-refractivity contribution >= 4 is 5.91 Å². The van der Waals surface area contributed by atoms with Crippen molar-refractivity contribution in [3.05, 3.63) is 59.4 Å². The maximum atomic E-state index is 14.1. The molecule has 1 aliphatic heterocycles. The molecule has 170 valence electrons. The Morgan fingerprint density at radius 1 is 1.22 bits per heavy atom. The van der Waals surface area contributed by atoms with E-state index in [1.165, 1.54) is 6.07 Å². The molecular formula is C24H29FN4O3. The van der Waals surface area contributed by atoms with E-state index in [-0.39, 0.29) is 11.7 Å². The van der Waals surface area contributed by atoms with Gasteiger partial charge in [-0.2, -0.15) is 5.10 Å². The Morgan fingerprint density at radius 3 is 2.72 bits per heavy atom. The number of carbonyl (C=O) groups is 1. The maximum absolute atomic E-state index is 14.1. The first-order valence-corrected chi connectivity index (χ1v) is 11.0. The highest BCUT2D eigenvalue weighted by Gasteiger charge is 2.41. The largest absolute Gasteiger partial charge is 0.381 e. The molecule has 0 aliphatic carbocycles. The molecule has 1 fully saturated rings. The van der Waals surface area contributed by atoms with E-state index in [0.717, 1.165) is 24.4 Å². The predicted octanol–water partition coefficient (Wildman–Crippen LogP) is 3.84. The first kappa shape index (κ1) is 22.2. The van der Waals surface area contributed by atoms with Gasteiger partial charge in [0.25, 0.3) is 0 Å². The summed E-state index contributed by atoms with van der Waals surface area (Å²) in [6.07, 6.45) is 2.40. The molecule has 1 aliphatic rings. The van der Waals surface area contributed by atoms with Crippen molar-refractivity contribution in [1.29, 1.82) is 0 Å². The summed E-state index contributed by atoms with van der Waals surface area (Å²) in [6, 6.07) is 10.2. The number of rotatable bonds is 8. The van der Waals surface area contributed by atoms with E-state index in [9.17, 15) is 9.18 Å². The van der Waals surface area contributed by atoms with Gasteiger partial charge in [0.05, 0.1) is 11.1 Å². The molecule has 0 radical (unpaired) electrons. The van der Waals surface area contributed by atoms with Gasteiger partial charge in [-0.15, -0.1) is 0 Å². The fourth-order valence-corrected chi connectivity index (χ4v) is 4.29. The van der Waals surface area contributed by atoms with Crippen LogP contribution in [0, 0.1) is 25.1 Å². The zero-order valence-corrected chi connectivity index (χ0v) is 18.6. The summed E-state index contributed by atoms with van der Waals surface area (Å²) >= 11 is 0. The fourth-order valence-electron chi connectivity index (χ4n) is 4.29. The van der Waals surface area contributed by atoms with Gasteiger partial charge in [-0.1, -0.05) is 17.3 Å². The molecule has 1 saturated heterocycles. The van der Waals surface area contributed by atoms with Gasteiger partial charge in [0.1, 0.15) is 17.3 Å². The standard InChI is InChI=1S/C24H29FN4O3/c1-17-14-18(2)29(27-17)11-5-10-26-23(30)24(8-12-31-13-9-24)16-19-15-22(28-32-19)20-6-3-4-7-21(20)25/h3-4,6-7,14-15H,5,8-13,16H2,1-2H3,(H,26,30). The third-order valence-electron chi connectivity index (χ3n) is 6.09. The average Bonchev–Trinajstić information content (AvgIpc) is 3.37. The van der Waals surface area contributed by atoms with Crippen molar-refractivity contribution in [2.45, 2.75) is 46.1 Å². The van der Waals surface area contributed by atoms with Gasteiger partial charge in [0.2, 0.25) is 5.91 Å². The van der Waals surface area contributed by atoms with Crippen molar-refractivity contribution < 1.29 is 18.4 Å². The van der Waals surface area contributed by atoms with Crippen molar-refractivity contribution in [2.75, 3.05) is 19.8 Å². The van der Waals surface area contributed by atoms with E-state index in [1.54, 1.807) is 24.3 Å². The van der Waals surface area contributed by atoms with Crippen LogP contribution in [0.2, 0.25) is 0 Å². The number of amides is 1. The Kier molecular flexibility index (Phi) is 6.69. The van der Waals surface area contributed by atoms with E-state index in [0.29, 0.717) is 56.0 Å². The summed E-state index contributed by atoms with van der Waals surface area (Å²) in [5.74, 6) is 0.217. The minimum atomic E-state index is -0.623. The molecule has 0 saturated carbocycles. The van der Waals surface area contributed by atoms with Gasteiger partial charge in [-0.25, -0.2) is 4.39 Å². The van der Waals surface area contributed by atoms with Crippen LogP contribution in [0.5, 0.6) is 0 Å². The molecule has 0 spiro atoms. The van der Waals surface area contributed by atoms with Crippen LogP contribution < -0.4 is 5.32 Å². The lowest BCUT2D eigenvalue weighted by atomic mass is 9.75. The third kappa shape index (κ3) is 4.91. The van der Waals surface area contributed by atoms with Crippen LogP contribution in [-0.4, -0.2) is 40.6 Å². The van der Waals surface area contributed by atoms with Crippen LogP contribution in [0.25, 0.3) is 11.3 Å². The summed E-state index contributed by atoms with van der Waals surface area (Å²) < 4.78 is 27.1. The third-order valence-corrected chi connectivity index (χ3v) is 6.09. The molecule has 4 rings (SSSR count). The van der Waals surface area contributed by atoms with E-state index < -0.39 is 5.41 Å². The number of halogens is 1. The van der Waals surface area contributed by atoms with Gasteiger partial charge in [-0.05, 0) is 51.3 Å². The van der Waals surface area contributed by atoms with E-state index >= 15 is 0 Å². The van der Waals surface area contributed by atoms with E-state index in [1.807, 2.05) is 24.6 Å². The molecule has 1 amide bonds. The number of aromatic nitrogens is 3. The lowest BCUT2D eigenvalue weighted by molar-refractivity contribution is -0.137. The molecule has 32 heavy (non-hydrogen) atoms. The van der Waals surface area contributed by atoms with Crippen molar-refractivity contribution in [1.82, 2.24) is 20.3 Å². The number of aryl methyl sites for hydroxylation is 3. The van der Waals surface area contributed by atoms with Gasteiger partial charge in [0.15, 0.2) is 0 Å². The first-order chi connectivity index (χ1) is 15.5. The number of hydrogen-bond donors (Lipinski definition) is 1. The highest BCUT2D eigenvalue weighted by molar-refractivity contribution is 5.83. The minimum absolute atomic E-state index is 0.00184. The lowest BCUT2D eigenvalue weighted by Crippen LogP contribution is -2.46. The highest BCUT2D eigenvalue weighted by atomic mass is 19.1. The van der Waals surface area contributed by atoms with Crippen LogP contribution in [0.1, 0.15) is 36.4 Å².